The van der Waals surface area contributed by atoms with Gasteiger partial charge in [-0.1, -0.05) is 24.3 Å². The first-order chi connectivity index (χ1) is 17.2. The van der Waals surface area contributed by atoms with Crippen molar-refractivity contribution in [2.75, 3.05) is 23.3 Å². The standard InChI is InChI=1S/C28H29N5O2/c29-19-22(26-10-7-11-27(32-26)30-23-8-3-1-4-9-23)18-24(20-34)31-28(35)21-12-14-25(15-13-21)33-16-5-2-6-17-33/h1,3-4,7-15,18-20H,2,5-6,16-17,29H2,(H,30,32)(H,31,35)/b22-19+,24-18+. The summed E-state index contributed by atoms with van der Waals surface area (Å²) in [6.45, 7) is 2.07. The molecule has 0 saturated carbocycles. The third-order valence-corrected chi connectivity index (χ3v) is 5.82. The van der Waals surface area contributed by atoms with E-state index in [2.05, 4.69) is 20.5 Å². The molecule has 7 heteroatoms. The van der Waals surface area contributed by atoms with Crippen molar-refractivity contribution >= 4 is 35.0 Å². The Hall–Kier alpha value is -4.39. The zero-order chi connectivity index (χ0) is 24.5. The number of nitrogens with one attached hydrogen (secondary N) is 2. The minimum atomic E-state index is -0.364. The Balaban J connectivity index is 1.45. The van der Waals surface area contributed by atoms with Gasteiger partial charge in [0.25, 0.3) is 5.91 Å². The fourth-order valence-corrected chi connectivity index (χ4v) is 3.99. The van der Waals surface area contributed by atoms with Crippen LogP contribution in [-0.4, -0.2) is 30.3 Å². The number of piperidine rings is 1. The second-order valence-electron chi connectivity index (χ2n) is 8.29. The van der Waals surface area contributed by atoms with Gasteiger partial charge in [0.2, 0.25) is 0 Å². The molecular weight excluding hydrogens is 438 g/mol. The van der Waals surface area contributed by atoms with Crippen molar-refractivity contribution in [1.29, 1.82) is 0 Å². The minimum absolute atomic E-state index is 0.0926. The number of carbonyl (C=O) groups excluding carboxylic acids is 2. The Bertz CT molecular complexity index is 1210. The van der Waals surface area contributed by atoms with Crippen LogP contribution < -0.4 is 21.3 Å². The quantitative estimate of drug-likeness (QED) is 0.254. The maximum atomic E-state index is 12.8. The molecule has 0 aliphatic carbocycles. The lowest BCUT2D eigenvalue weighted by atomic mass is 10.1. The summed E-state index contributed by atoms with van der Waals surface area (Å²) in [5.74, 6) is 0.268. The monoisotopic (exact) mass is 467 g/mol. The molecule has 4 rings (SSSR count). The fraction of sp³-hybridized carbons (Fsp3) is 0.179. The summed E-state index contributed by atoms with van der Waals surface area (Å²) < 4.78 is 0. The van der Waals surface area contributed by atoms with Crippen LogP contribution in [0.1, 0.15) is 35.3 Å². The molecule has 2 aromatic carbocycles. The van der Waals surface area contributed by atoms with Crippen LogP contribution in [0.5, 0.6) is 0 Å². The predicted molar refractivity (Wildman–Crippen MR) is 140 cm³/mol. The Morgan fingerprint density at radius 1 is 0.914 bits per heavy atom. The normalized spacial score (nSPS) is 14.3. The van der Waals surface area contributed by atoms with Crippen LogP contribution in [0.4, 0.5) is 17.2 Å². The number of benzene rings is 2. The molecule has 1 amide bonds. The van der Waals surface area contributed by atoms with E-state index in [0.29, 0.717) is 28.9 Å². The maximum absolute atomic E-state index is 12.8. The second-order valence-corrected chi connectivity index (χ2v) is 8.29. The molecule has 7 nitrogen and oxygen atoms in total. The summed E-state index contributed by atoms with van der Waals surface area (Å²) in [5.41, 5.74) is 9.48. The van der Waals surface area contributed by atoms with Gasteiger partial charge < -0.3 is 21.3 Å². The van der Waals surface area contributed by atoms with Crippen LogP contribution >= 0.6 is 0 Å². The van der Waals surface area contributed by atoms with Crippen molar-refractivity contribution in [3.05, 3.63) is 102 Å². The van der Waals surface area contributed by atoms with Gasteiger partial charge in [0.1, 0.15) is 5.82 Å². The molecule has 178 valence electrons. The molecule has 1 aliphatic heterocycles. The van der Waals surface area contributed by atoms with Gasteiger partial charge in [-0.15, -0.1) is 0 Å². The molecule has 4 N–H and O–H groups in total. The van der Waals surface area contributed by atoms with Crippen LogP contribution in [-0.2, 0) is 4.79 Å². The Labute approximate surface area is 205 Å². The molecule has 0 atom stereocenters. The molecule has 0 bridgehead atoms. The average Bonchev–Trinajstić information content (AvgIpc) is 2.92. The number of nitrogens with zero attached hydrogens (tertiary/aromatic N) is 2. The van der Waals surface area contributed by atoms with Crippen LogP contribution in [0.2, 0.25) is 0 Å². The number of aldehydes is 1. The second kappa shape index (κ2) is 11.7. The molecule has 0 radical (unpaired) electrons. The first-order valence-corrected chi connectivity index (χ1v) is 11.7. The van der Waals surface area contributed by atoms with Crippen molar-refractivity contribution in [3.63, 3.8) is 0 Å². The summed E-state index contributed by atoms with van der Waals surface area (Å²) in [4.78, 5) is 31.4. The topological polar surface area (TPSA) is 100 Å². The van der Waals surface area contributed by atoms with E-state index in [1.54, 1.807) is 18.2 Å². The highest BCUT2D eigenvalue weighted by Crippen LogP contribution is 2.21. The van der Waals surface area contributed by atoms with Gasteiger partial charge in [-0.05, 0) is 73.9 Å². The Morgan fingerprint density at radius 3 is 2.34 bits per heavy atom. The van der Waals surface area contributed by atoms with Gasteiger partial charge in [-0.25, -0.2) is 4.98 Å². The number of carbonyl (C=O) groups is 2. The number of amides is 1. The lowest BCUT2D eigenvalue weighted by Gasteiger charge is -2.28. The van der Waals surface area contributed by atoms with Gasteiger partial charge in [-0.2, -0.15) is 0 Å². The summed E-state index contributed by atoms with van der Waals surface area (Å²) in [6.07, 6.45) is 7.11. The fourth-order valence-electron chi connectivity index (χ4n) is 3.99. The van der Waals surface area contributed by atoms with Crippen LogP contribution in [0.25, 0.3) is 5.57 Å². The third-order valence-electron chi connectivity index (χ3n) is 5.82. The number of rotatable bonds is 8. The maximum Gasteiger partial charge on any atom is 0.255 e. The highest BCUT2D eigenvalue weighted by Gasteiger charge is 2.13. The molecule has 35 heavy (non-hydrogen) atoms. The molecular formula is C28H29N5O2. The van der Waals surface area contributed by atoms with E-state index in [1.165, 1.54) is 31.5 Å². The van der Waals surface area contributed by atoms with Crippen LogP contribution in [0.3, 0.4) is 0 Å². The number of aromatic nitrogens is 1. The third kappa shape index (κ3) is 6.35. The summed E-state index contributed by atoms with van der Waals surface area (Å²) in [6, 6.07) is 22.6. The molecule has 1 fully saturated rings. The SMILES string of the molecule is N/C=C(\C=C(/C=O)NC(=O)c1ccc(N2CCCCC2)cc1)c1cccc(Nc2ccccc2)n1. The largest absolute Gasteiger partial charge is 0.404 e. The number of hydrogen-bond donors (Lipinski definition) is 3. The molecule has 2 heterocycles. The number of allylic oxidation sites excluding steroid dienone is 3. The smallest absolute Gasteiger partial charge is 0.255 e. The van der Waals surface area contributed by atoms with Crippen molar-refractivity contribution in [3.8, 4) is 0 Å². The van der Waals surface area contributed by atoms with E-state index in [1.807, 2.05) is 54.6 Å². The summed E-state index contributed by atoms with van der Waals surface area (Å²) in [7, 11) is 0. The van der Waals surface area contributed by atoms with E-state index in [-0.39, 0.29) is 11.6 Å². The minimum Gasteiger partial charge on any atom is -0.404 e. The molecule has 1 aliphatic rings. The van der Waals surface area contributed by atoms with Crippen molar-refractivity contribution in [1.82, 2.24) is 10.3 Å². The summed E-state index contributed by atoms with van der Waals surface area (Å²) in [5, 5.41) is 5.90. The van der Waals surface area contributed by atoms with E-state index in [4.69, 9.17) is 5.73 Å². The first kappa shape index (κ1) is 23.8. The van der Waals surface area contributed by atoms with E-state index < -0.39 is 0 Å². The number of pyridine rings is 1. The molecule has 3 aromatic rings. The highest BCUT2D eigenvalue weighted by molar-refractivity contribution is 5.99. The molecule has 1 saturated heterocycles. The average molecular weight is 468 g/mol. The predicted octanol–water partition coefficient (Wildman–Crippen LogP) is 4.63. The van der Waals surface area contributed by atoms with Crippen molar-refractivity contribution in [2.45, 2.75) is 19.3 Å². The van der Waals surface area contributed by atoms with E-state index in [9.17, 15) is 9.59 Å². The van der Waals surface area contributed by atoms with Gasteiger partial charge in [0.15, 0.2) is 6.29 Å². The van der Waals surface area contributed by atoms with Gasteiger partial charge in [0.05, 0.1) is 11.4 Å². The van der Waals surface area contributed by atoms with Crippen molar-refractivity contribution < 1.29 is 9.59 Å². The highest BCUT2D eigenvalue weighted by atomic mass is 16.2. The van der Waals surface area contributed by atoms with E-state index in [0.717, 1.165) is 24.5 Å². The molecule has 0 spiro atoms. The zero-order valence-corrected chi connectivity index (χ0v) is 19.5. The molecule has 1 aromatic heterocycles. The Kier molecular flexibility index (Phi) is 7.91. The number of hydrogen-bond acceptors (Lipinski definition) is 6. The van der Waals surface area contributed by atoms with Gasteiger partial charge >= 0.3 is 0 Å². The van der Waals surface area contributed by atoms with Crippen molar-refractivity contribution in [2.24, 2.45) is 5.73 Å². The van der Waals surface area contributed by atoms with Gasteiger partial charge in [0, 0.05) is 41.8 Å². The Morgan fingerprint density at radius 2 is 1.66 bits per heavy atom. The number of nitrogens with two attached hydrogens (primary N) is 1. The zero-order valence-electron chi connectivity index (χ0n) is 19.5. The number of para-hydroxylation sites is 1. The lowest BCUT2D eigenvalue weighted by molar-refractivity contribution is -0.105. The molecule has 0 unspecified atom stereocenters. The van der Waals surface area contributed by atoms with E-state index >= 15 is 0 Å². The lowest BCUT2D eigenvalue weighted by Crippen LogP contribution is -2.29. The van der Waals surface area contributed by atoms with Crippen LogP contribution in [0, 0.1) is 0 Å². The number of anilines is 3. The first-order valence-electron chi connectivity index (χ1n) is 11.7. The van der Waals surface area contributed by atoms with Crippen LogP contribution in [0.15, 0.2) is 90.8 Å². The van der Waals surface area contributed by atoms with Gasteiger partial charge in [-0.3, -0.25) is 9.59 Å². The summed E-state index contributed by atoms with van der Waals surface area (Å²) >= 11 is 0.